The van der Waals surface area contributed by atoms with Crippen molar-refractivity contribution in [2.24, 2.45) is 11.8 Å². The Bertz CT molecular complexity index is 309. The first-order chi connectivity index (χ1) is 7.17. The van der Waals surface area contributed by atoms with E-state index in [0.29, 0.717) is 6.42 Å². The minimum absolute atomic E-state index is 0.202. The molecule has 0 N–H and O–H groups in total. The second-order valence-corrected chi connectivity index (χ2v) is 3.71. The third kappa shape index (κ3) is 3.39. The van der Waals surface area contributed by atoms with Gasteiger partial charge in [-0.25, -0.2) is 0 Å². The first-order valence-electron chi connectivity index (χ1n) is 5.40. The van der Waals surface area contributed by atoms with Crippen LogP contribution in [0.1, 0.15) is 39.5 Å². The Morgan fingerprint density at radius 1 is 1.47 bits per heavy atom. The van der Waals surface area contributed by atoms with Crippen LogP contribution in [0.3, 0.4) is 0 Å². The molecule has 0 amide bonds. The van der Waals surface area contributed by atoms with E-state index in [1.54, 1.807) is 0 Å². The molecule has 0 aliphatic carbocycles. The zero-order valence-electron chi connectivity index (χ0n) is 9.21. The number of rotatable bonds is 3. The van der Waals surface area contributed by atoms with E-state index in [4.69, 9.17) is 0 Å². The van der Waals surface area contributed by atoms with E-state index in [9.17, 15) is 9.59 Å². The summed E-state index contributed by atoms with van der Waals surface area (Å²) in [6.07, 6.45) is 2.60. The highest BCUT2D eigenvalue weighted by Crippen LogP contribution is 2.24. The van der Waals surface area contributed by atoms with Gasteiger partial charge in [-0.05, 0) is 12.8 Å². The third-order valence-corrected chi connectivity index (χ3v) is 2.51. The fraction of sp³-hybridized carbons (Fsp3) is 0.667. The van der Waals surface area contributed by atoms with Crippen molar-refractivity contribution in [3.8, 4) is 11.8 Å². The summed E-state index contributed by atoms with van der Waals surface area (Å²) >= 11 is 0. The lowest BCUT2D eigenvalue weighted by Crippen LogP contribution is -2.12. The first kappa shape index (κ1) is 11.8. The molecule has 2 unspecified atom stereocenters. The van der Waals surface area contributed by atoms with Crippen LogP contribution in [0.5, 0.6) is 0 Å². The van der Waals surface area contributed by atoms with Crippen LogP contribution in [0.15, 0.2) is 0 Å². The Kier molecular flexibility index (Phi) is 4.36. The molecule has 0 radical (unpaired) electrons. The smallest absolute Gasteiger partial charge is 0.317 e. The van der Waals surface area contributed by atoms with Gasteiger partial charge < -0.3 is 4.74 Å². The van der Waals surface area contributed by atoms with Crippen molar-refractivity contribution >= 4 is 11.9 Å². The first-order valence-corrected chi connectivity index (χ1v) is 5.40. The Balaban J connectivity index is 2.52. The maximum Gasteiger partial charge on any atom is 0.317 e. The van der Waals surface area contributed by atoms with Crippen molar-refractivity contribution in [1.82, 2.24) is 0 Å². The minimum atomic E-state index is -0.400. The molecule has 1 aliphatic heterocycles. The summed E-state index contributed by atoms with van der Waals surface area (Å²) in [7, 11) is 0. The number of carbonyl (C=O) groups excluding carboxylic acids is 2. The van der Waals surface area contributed by atoms with Gasteiger partial charge in [-0.3, -0.25) is 9.59 Å². The van der Waals surface area contributed by atoms with E-state index >= 15 is 0 Å². The molecule has 1 fully saturated rings. The average Bonchev–Trinajstić information content (AvgIpc) is 2.52. The maximum absolute atomic E-state index is 11.2. The molecular formula is C12H16O3. The lowest BCUT2D eigenvalue weighted by Gasteiger charge is -2.09. The summed E-state index contributed by atoms with van der Waals surface area (Å²) in [5.41, 5.74) is 0. The molecule has 1 saturated heterocycles. The van der Waals surface area contributed by atoms with Crippen LogP contribution in [-0.2, 0) is 14.3 Å². The normalized spacial score (nSPS) is 21.9. The summed E-state index contributed by atoms with van der Waals surface area (Å²) in [6.45, 7) is 4.03. The van der Waals surface area contributed by atoms with E-state index in [0.717, 1.165) is 12.8 Å². The highest BCUT2D eigenvalue weighted by molar-refractivity contribution is 5.94. The van der Waals surface area contributed by atoms with Crippen LogP contribution >= 0.6 is 0 Å². The zero-order valence-corrected chi connectivity index (χ0v) is 9.21. The summed E-state index contributed by atoms with van der Waals surface area (Å²) in [6, 6.07) is 0. The van der Waals surface area contributed by atoms with Gasteiger partial charge in [-0.2, -0.15) is 0 Å². The van der Waals surface area contributed by atoms with E-state index in [2.05, 4.69) is 16.6 Å². The number of ether oxygens (including phenoxy) is 1. The summed E-state index contributed by atoms with van der Waals surface area (Å²) in [4.78, 5) is 22.1. The zero-order chi connectivity index (χ0) is 11.3. The lowest BCUT2D eigenvalue weighted by molar-refractivity contribution is -0.153. The number of hydrogen-bond donors (Lipinski definition) is 0. The van der Waals surface area contributed by atoms with E-state index in [1.165, 1.54) is 0 Å². The molecule has 0 aromatic carbocycles. The molecule has 1 heterocycles. The second kappa shape index (κ2) is 5.55. The van der Waals surface area contributed by atoms with Crippen LogP contribution in [0.4, 0.5) is 0 Å². The van der Waals surface area contributed by atoms with Gasteiger partial charge in [0, 0.05) is 12.3 Å². The molecule has 0 bridgehead atoms. The molecule has 15 heavy (non-hydrogen) atoms. The number of esters is 2. The van der Waals surface area contributed by atoms with Gasteiger partial charge in [0.2, 0.25) is 0 Å². The van der Waals surface area contributed by atoms with Crippen molar-refractivity contribution < 1.29 is 14.3 Å². The maximum atomic E-state index is 11.2. The Morgan fingerprint density at radius 2 is 2.20 bits per heavy atom. The van der Waals surface area contributed by atoms with Crippen molar-refractivity contribution in [3.63, 3.8) is 0 Å². The Morgan fingerprint density at radius 3 is 2.67 bits per heavy atom. The van der Waals surface area contributed by atoms with Crippen molar-refractivity contribution in [3.05, 3.63) is 0 Å². The molecule has 0 saturated carbocycles. The molecule has 3 nitrogen and oxygen atoms in total. The molecular weight excluding hydrogens is 192 g/mol. The average molecular weight is 208 g/mol. The topological polar surface area (TPSA) is 43.4 Å². The van der Waals surface area contributed by atoms with Crippen LogP contribution in [0.25, 0.3) is 0 Å². The van der Waals surface area contributed by atoms with Crippen molar-refractivity contribution in [1.29, 1.82) is 0 Å². The number of cyclic esters (lactones) is 2. The molecule has 1 rings (SSSR count). The lowest BCUT2D eigenvalue weighted by atomic mass is 9.92. The highest BCUT2D eigenvalue weighted by Gasteiger charge is 2.34. The van der Waals surface area contributed by atoms with Gasteiger partial charge in [0.05, 0.1) is 12.3 Å². The molecule has 0 spiro atoms. The fourth-order valence-electron chi connectivity index (χ4n) is 1.62. The van der Waals surface area contributed by atoms with Crippen LogP contribution in [-0.4, -0.2) is 11.9 Å². The van der Waals surface area contributed by atoms with Crippen molar-refractivity contribution in [2.75, 3.05) is 0 Å². The predicted molar refractivity (Wildman–Crippen MR) is 55.7 cm³/mol. The summed E-state index contributed by atoms with van der Waals surface area (Å²) in [5.74, 6) is 5.28. The van der Waals surface area contributed by atoms with E-state index in [1.807, 2.05) is 13.8 Å². The standard InChI is InChI=1S/C12H16O3/c1-3-5-6-9(4-2)7-10-8-11(13)15-12(10)14/h9-10H,3-4,7-8H2,1-2H3. The van der Waals surface area contributed by atoms with Gasteiger partial charge in [-0.1, -0.05) is 19.8 Å². The number of hydrogen-bond acceptors (Lipinski definition) is 3. The molecule has 0 aromatic rings. The largest absolute Gasteiger partial charge is 0.393 e. The molecule has 3 heteroatoms. The van der Waals surface area contributed by atoms with Crippen molar-refractivity contribution in [2.45, 2.75) is 39.5 Å². The Hall–Kier alpha value is -1.30. The highest BCUT2D eigenvalue weighted by atomic mass is 16.6. The van der Waals surface area contributed by atoms with Gasteiger partial charge in [0.15, 0.2) is 0 Å². The van der Waals surface area contributed by atoms with Crippen LogP contribution < -0.4 is 0 Å². The van der Waals surface area contributed by atoms with E-state index < -0.39 is 5.97 Å². The second-order valence-electron chi connectivity index (χ2n) is 3.71. The monoisotopic (exact) mass is 208 g/mol. The van der Waals surface area contributed by atoms with E-state index in [-0.39, 0.29) is 24.2 Å². The molecule has 1 aliphatic rings. The number of carbonyl (C=O) groups is 2. The van der Waals surface area contributed by atoms with Crippen LogP contribution in [0.2, 0.25) is 0 Å². The van der Waals surface area contributed by atoms with Gasteiger partial charge in [0.1, 0.15) is 0 Å². The Labute approximate surface area is 90.2 Å². The van der Waals surface area contributed by atoms with Gasteiger partial charge in [-0.15, -0.1) is 5.92 Å². The van der Waals surface area contributed by atoms with Gasteiger partial charge >= 0.3 is 11.9 Å². The third-order valence-electron chi connectivity index (χ3n) is 2.51. The quantitative estimate of drug-likeness (QED) is 0.404. The molecule has 0 aromatic heterocycles. The summed E-state index contributed by atoms with van der Waals surface area (Å²) in [5, 5.41) is 0. The fourth-order valence-corrected chi connectivity index (χ4v) is 1.62. The van der Waals surface area contributed by atoms with Crippen LogP contribution in [0, 0.1) is 23.7 Å². The van der Waals surface area contributed by atoms with Gasteiger partial charge in [0.25, 0.3) is 0 Å². The minimum Gasteiger partial charge on any atom is -0.393 e. The molecule has 2 atom stereocenters. The summed E-state index contributed by atoms with van der Waals surface area (Å²) < 4.78 is 4.50. The molecule has 82 valence electrons. The SMILES string of the molecule is CCC#CC(CC)CC1CC(=O)OC1=O. The predicted octanol–water partition coefficient (Wildman–Crippen LogP) is 1.91.